The maximum atomic E-state index is 10.9. The molecule has 1 atom stereocenters. The van der Waals surface area contributed by atoms with Crippen molar-refractivity contribution in [3.63, 3.8) is 0 Å². The summed E-state index contributed by atoms with van der Waals surface area (Å²) in [6.07, 6.45) is 2.53. The highest BCUT2D eigenvalue weighted by molar-refractivity contribution is 7.44. The molecule has 3 rings (SSSR count). The van der Waals surface area contributed by atoms with E-state index in [9.17, 15) is 9.46 Å². The lowest BCUT2D eigenvalue weighted by Crippen LogP contribution is -2.41. The van der Waals surface area contributed by atoms with E-state index in [0.29, 0.717) is 30.0 Å². The van der Waals surface area contributed by atoms with Gasteiger partial charge in [-0.25, -0.2) is 4.57 Å². The molecule has 0 spiro atoms. The third-order valence-electron chi connectivity index (χ3n) is 4.52. The van der Waals surface area contributed by atoms with Crippen LogP contribution in [0.25, 0.3) is 11.3 Å². The van der Waals surface area contributed by atoms with E-state index in [1.807, 2.05) is 44.2 Å². The predicted octanol–water partition coefficient (Wildman–Crippen LogP) is 2.16. The van der Waals surface area contributed by atoms with Gasteiger partial charge in [0, 0.05) is 18.6 Å². The lowest BCUT2D eigenvalue weighted by Gasteiger charge is -2.16. The number of rotatable bonds is 9. The smallest absolute Gasteiger partial charge is 0.268 e. The monoisotopic (exact) mass is 460 g/mol. The molecule has 1 aromatic carbocycles. The van der Waals surface area contributed by atoms with Crippen LogP contribution < -0.4 is 25.7 Å². The van der Waals surface area contributed by atoms with E-state index in [2.05, 4.69) is 9.68 Å². The van der Waals surface area contributed by atoms with Gasteiger partial charge in [-0.05, 0) is 43.7 Å². The van der Waals surface area contributed by atoms with E-state index in [0.717, 1.165) is 11.3 Å². The first-order chi connectivity index (χ1) is 15.1. The summed E-state index contributed by atoms with van der Waals surface area (Å²) >= 11 is 0. The van der Waals surface area contributed by atoms with Gasteiger partial charge < -0.3 is 30.5 Å². The van der Waals surface area contributed by atoms with E-state index in [1.165, 1.54) is 16.2 Å². The molecule has 1 unspecified atom stereocenters. The standard InChI is InChI=1S/C21H25N4O6P/c1-14(2)9-10-29-17-5-3-15(4-6-17)11-16-12-19(31-24-16)18-7-8-20(22)25(21(18)23)13-30-32(26,27)28/h3-9,12H,10-11,13H2,1-2H3,(H5,22,23,24,26,27,28). The van der Waals surface area contributed by atoms with Crippen LogP contribution in [0.1, 0.15) is 25.1 Å². The minimum absolute atomic E-state index is 0.0963. The molecule has 3 aromatic rings. The lowest BCUT2D eigenvalue weighted by atomic mass is 10.1. The molecule has 0 bridgehead atoms. The number of nitrogens with two attached hydrogens (primary N) is 2. The van der Waals surface area contributed by atoms with Gasteiger partial charge >= 0.3 is 0 Å². The summed E-state index contributed by atoms with van der Waals surface area (Å²) in [6, 6.07) is 12.6. The van der Waals surface area contributed by atoms with Crippen molar-refractivity contribution in [2.75, 3.05) is 18.1 Å². The van der Waals surface area contributed by atoms with Crippen LogP contribution in [-0.4, -0.2) is 16.7 Å². The molecular formula is C21H25N4O6P. The number of allylic oxidation sites excluding steroid dienone is 1. The molecule has 10 nitrogen and oxygen atoms in total. The highest BCUT2D eigenvalue weighted by atomic mass is 31.2. The van der Waals surface area contributed by atoms with E-state index in [-0.39, 0.29) is 11.6 Å². The second kappa shape index (κ2) is 9.97. The zero-order valence-corrected chi connectivity index (χ0v) is 18.6. The Morgan fingerprint density at radius 1 is 1.25 bits per heavy atom. The second-order valence-electron chi connectivity index (χ2n) is 7.31. The van der Waals surface area contributed by atoms with Gasteiger partial charge in [0.1, 0.15) is 12.4 Å². The first kappa shape index (κ1) is 23.5. The van der Waals surface area contributed by atoms with Crippen LogP contribution in [0.3, 0.4) is 0 Å². The highest BCUT2D eigenvalue weighted by Gasteiger charge is 2.19. The number of anilines is 2. The predicted molar refractivity (Wildman–Crippen MR) is 116 cm³/mol. The van der Waals surface area contributed by atoms with Crippen LogP contribution in [0.4, 0.5) is 11.6 Å². The fourth-order valence-corrected chi connectivity index (χ4v) is 3.11. The van der Waals surface area contributed by atoms with Crippen molar-refractivity contribution >= 4 is 19.5 Å². The number of phosphoric acid groups is 1. The average Bonchev–Trinajstić information content (AvgIpc) is 3.16. The maximum Gasteiger partial charge on any atom is 0.268 e. The number of nitrogens with zero attached hydrogens (tertiary/aromatic N) is 2. The summed E-state index contributed by atoms with van der Waals surface area (Å²) in [5, 5.41) is 4.08. The Morgan fingerprint density at radius 2 is 1.97 bits per heavy atom. The summed E-state index contributed by atoms with van der Waals surface area (Å²) < 4.78 is 27.5. The molecular weight excluding hydrogens is 435 g/mol. The molecule has 0 aliphatic rings. The fraction of sp³-hybridized carbons (Fsp3) is 0.238. The first-order valence-corrected chi connectivity index (χ1v) is 11.2. The third-order valence-corrected chi connectivity index (χ3v) is 4.97. The molecule has 170 valence electrons. The SMILES string of the molecule is CC(C)=CCOc1ccc(Cc2cc(-c3ccc(N)[n+](COP(=O)([O-])O)c3N)on2)cc1. The Hall–Kier alpha value is -3.17. The van der Waals surface area contributed by atoms with Gasteiger partial charge in [0.05, 0.1) is 11.3 Å². The molecule has 11 heteroatoms. The largest absolute Gasteiger partial charge is 0.756 e. The van der Waals surface area contributed by atoms with Gasteiger partial charge in [0.2, 0.25) is 11.6 Å². The van der Waals surface area contributed by atoms with Gasteiger partial charge in [-0.3, -0.25) is 9.09 Å². The Kier molecular flexibility index (Phi) is 7.32. The van der Waals surface area contributed by atoms with Crippen LogP contribution >= 0.6 is 7.82 Å². The van der Waals surface area contributed by atoms with Gasteiger partial charge in [-0.15, -0.1) is 0 Å². The fourth-order valence-electron chi connectivity index (χ4n) is 2.85. The number of pyridine rings is 1. The van der Waals surface area contributed by atoms with Crippen molar-refractivity contribution in [1.29, 1.82) is 0 Å². The summed E-state index contributed by atoms with van der Waals surface area (Å²) in [5.41, 5.74) is 15.3. The van der Waals surface area contributed by atoms with Crippen LogP contribution in [-0.2, 0) is 22.2 Å². The number of hydrogen-bond acceptors (Lipinski definition) is 8. The highest BCUT2D eigenvalue weighted by Crippen LogP contribution is 2.31. The molecule has 32 heavy (non-hydrogen) atoms. The Morgan fingerprint density at radius 3 is 2.62 bits per heavy atom. The minimum Gasteiger partial charge on any atom is -0.756 e. The quantitative estimate of drug-likeness (QED) is 0.247. The van der Waals surface area contributed by atoms with E-state index < -0.39 is 14.6 Å². The van der Waals surface area contributed by atoms with Gasteiger partial charge in [0.15, 0.2) is 12.5 Å². The van der Waals surface area contributed by atoms with Crippen molar-refractivity contribution in [3.8, 4) is 17.1 Å². The normalized spacial score (nSPS) is 12.9. The summed E-state index contributed by atoms with van der Waals surface area (Å²) in [4.78, 5) is 19.7. The summed E-state index contributed by atoms with van der Waals surface area (Å²) in [5.74, 6) is 1.40. The third kappa shape index (κ3) is 6.41. The Bertz CT molecular complexity index is 1150. The number of phosphoric ester groups is 1. The van der Waals surface area contributed by atoms with E-state index in [1.54, 1.807) is 12.1 Å². The molecule has 2 heterocycles. The van der Waals surface area contributed by atoms with E-state index >= 15 is 0 Å². The molecule has 0 saturated heterocycles. The Balaban J connectivity index is 1.72. The van der Waals surface area contributed by atoms with Crippen molar-refractivity contribution in [1.82, 2.24) is 5.16 Å². The molecule has 5 N–H and O–H groups in total. The summed E-state index contributed by atoms with van der Waals surface area (Å²) in [7, 11) is -4.94. The topological polar surface area (TPSA) is 161 Å². The molecule has 0 saturated carbocycles. The Labute approximate surface area is 185 Å². The van der Waals surface area contributed by atoms with Crippen molar-refractivity contribution < 1.29 is 32.7 Å². The zero-order chi connectivity index (χ0) is 23.3. The second-order valence-corrected chi connectivity index (χ2v) is 8.50. The molecule has 0 radical (unpaired) electrons. The van der Waals surface area contributed by atoms with E-state index in [4.69, 9.17) is 25.6 Å². The lowest BCUT2D eigenvalue weighted by molar-refractivity contribution is -0.699. The number of ether oxygens (including phenoxy) is 1. The molecule has 0 amide bonds. The van der Waals surface area contributed by atoms with Gasteiger partial charge in [-0.2, -0.15) is 0 Å². The number of benzene rings is 1. The zero-order valence-electron chi connectivity index (χ0n) is 17.7. The van der Waals surface area contributed by atoms with Gasteiger partial charge in [0.25, 0.3) is 7.82 Å². The number of nitrogen functional groups attached to an aromatic ring is 2. The van der Waals surface area contributed by atoms with Crippen LogP contribution in [0.2, 0.25) is 0 Å². The van der Waals surface area contributed by atoms with Crippen LogP contribution in [0.5, 0.6) is 5.75 Å². The van der Waals surface area contributed by atoms with Crippen LogP contribution in [0.15, 0.2) is 58.6 Å². The van der Waals surface area contributed by atoms with Crippen molar-refractivity contribution in [3.05, 3.63) is 65.4 Å². The van der Waals surface area contributed by atoms with Crippen LogP contribution in [0, 0.1) is 0 Å². The minimum atomic E-state index is -4.94. The maximum absolute atomic E-state index is 10.9. The van der Waals surface area contributed by atoms with Gasteiger partial charge in [-0.1, -0.05) is 22.9 Å². The molecule has 2 aromatic heterocycles. The molecule has 0 aliphatic carbocycles. The first-order valence-electron chi connectivity index (χ1n) is 9.69. The van der Waals surface area contributed by atoms with Crippen molar-refractivity contribution in [2.24, 2.45) is 0 Å². The number of aromatic nitrogens is 2. The molecule has 0 fully saturated rings. The van der Waals surface area contributed by atoms with Crippen molar-refractivity contribution in [2.45, 2.75) is 27.0 Å². The molecule has 0 aliphatic heterocycles. The summed E-state index contributed by atoms with van der Waals surface area (Å²) in [6.45, 7) is 3.98. The number of hydrogen-bond donors (Lipinski definition) is 3. The average molecular weight is 460 g/mol.